The van der Waals surface area contributed by atoms with Crippen LogP contribution in [0.2, 0.25) is 0 Å². The van der Waals surface area contributed by atoms with Gasteiger partial charge in [0, 0.05) is 0 Å². The van der Waals surface area contributed by atoms with Crippen LogP contribution in [0.4, 0.5) is 0 Å². The van der Waals surface area contributed by atoms with E-state index in [2.05, 4.69) is 11.7 Å². The maximum atomic E-state index is 11.4. The topological polar surface area (TPSA) is 43.4 Å². The molecule has 1 heterocycles. The van der Waals surface area contributed by atoms with Crippen molar-refractivity contribution >= 4 is 11.9 Å². The van der Waals surface area contributed by atoms with Crippen LogP contribution in [0, 0.1) is 5.92 Å². The van der Waals surface area contributed by atoms with Crippen LogP contribution in [0.25, 0.3) is 0 Å². The Balaban J connectivity index is 1.66. The van der Waals surface area contributed by atoms with Gasteiger partial charge in [-0.05, 0) is 6.42 Å². The quantitative estimate of drug-likeness (QED) is 0.0835. The van der Waals surface area contributed by atoms with Crippen molar-refractivity contribution in [3.8, 4) is 0 Å². The summed E-state index contributed by atoms with van der Waals surface area (Å²) in [7, 11) is 0. The molecule has 1 rings (SSSR count). The van der Waals surface area contributed by atoms with Gasteiger partial charge >= 0.3 is 11.9 Å². The van der Waals surface area contributed by atoms with Crippen LogP contribution < -0.4 is 0 Å². The molecule has 1 atom stereocenters. The fourth-order valence-electron chi connectivity index (χ4n) is 4.92. The van der Waals surface area contributed by atoms with Crippen molar-refractivity contribution in [1.29, 1.82) is 0 Å². The van der Waals surface area contributed by atoms with Gasteiger partial charge in [0.1, 0.15) is 0 Å². The monoisotopic (exact) mass is 450 g/mol. The molecular formula is C29H54O3. The largest absolute Gasteiger partial charge is 0.393 e. The van der Waals surface area contributed by atoms with E-state index in [1.807, 2.05) is 0 Å². The van der Waals surface area contributed by atoms with E-state index < -0.39 is 0 Å². The number of ether oxygens (including phenoxy) is 1. The highest BCUT2D eigenvalue weighted by atomic mass is 16.6. The first kappa shape index (κ1) is 29.2. The Morgan fingerprint density at radius 3 is 1.12 bits per heavy atom. The van der Waals surface area contributed by atoms with Crippen molar-refractivity contribution in [2.24, 2.45) is 5.92 Å². The lowest BCUT2D eigenvalue weighted by molar-refractivity contribution is -0.153. The molecule has 3 heteroatoms. The van der Waals surface area contributed by atoms with E-state index in [4.69, 9.17) is 0 Å². The molecule has 1 aliphatic rings. The SMILES string of the molecule is CCCCCCCCCCCCCCCCCCCCCCCCCC1CC(=O)OC1=O. The van der Waals surface area contributed by atoms with Gasteiger partial charge in [0.25, 0.3) is 0 Å². The van der Waals surface area contributed by atoms with Gasteiger partial charge in [0.15, 0.2) is 0 Å². The third kappa shape index (κ3) is 17.7. The van der Waals surface area contributed by atoms with Crippen molar-refractivity contribution in [3.63, 3.8) is 0 Å². The fourth-order valence-corrected chi connectivity index (χ4v) is 4.92. The first-order valence-corrected chi connectivity index (χ1v) is 14.5. The van der Waals surface area contributed by atoms with Gasteiger partial charge in [0.2, 0.25) is 0 Å². The number of carbonyl (C=O) groups excluding carboxylic acids is 2. The maximum Gasteiger partial charge on any atom is 0.317 e. The molecule has 188 valence electrons. The Morgan fingerprint density at radius 2 is 0.844 bits per heavy atom. The molecule has 0 aromatic carbocycles. The molecule has 0 aromatic rings. The van der Waals surface area contributed by atoms with E-state index in [1.54, 1.807) is 0 Å². The van der Waals surface area contributed by atoms with E-state index in [0.717, 1.165) is 12.8 Å². The number of unbranched alkanes of at least 4 members (excludes halogenated alkanes) is 22. The minimum Gasteiger partial charge on any atom is -0.393 e. The third-order valence-corrected chi connectivity index (χ3v) is 7.12. The summed E-state index contributed by atoms with van der Waals surface area (Å²) in [5.74, 6) is -0.791. The lowest BCUT2D eigenvalue weighted by Gasteiger charge is -2.05. The lowest BCUT2D eigenvalue weighted by atomic mass is 9.98. The van der Waals surface area contributed by atoms with Crippen LogP contribution in [0.15, 0.2) is 0 Å². The van der Waals surface area contributed by atoms with Crippen LogP contribution in [-0.4, -0.2) is 11.9 Å². The molecule has 1 unspecified atom stereocenters. The predicted molar refractivity (Wildman–Crippen MR) is 136 cm³/mol. The molecule has 0 aromatic heterocycles. The smallest absolute Gasteiger partial charge is 0.317 e. The highest BCUT2D eigenvalue weighted by molar-refractivity contribution is 5.94. The molecule has 3 nitrogen and oxygen atoms in total. The van der Waals surface area contributed by atoms with Crippen molar-refractivity contribution in [2.45, 2.75) is 167 Å². The van der Waals surface area contributed by atoms with E-state index >= 15 is 0 Å². The van der Waals surface area contributed by atoms with Crippen LogP contribution >= 0.6 is 0 Å². The molecule has 0 radical (unpaired) electrons. The summed E-state index contributed by atoms with van der Waals surface area (Å²) in [4.78, 5) is 22.4. The number of hydrogen-bond donors (Lipinski definition) is 0. The molecule has 0 N–H and O–H groups in total. The fraction of sp³-hybridized carbons (Fsp3) is 0.931. The molecule has 1 saturated heterocycles. The Bertz CT molecular complexity index is 446. The summed E-state index contributed by atoms with van der Waals surface area (Å²) in [5, 5.41) is 0. The number of hydrogen-bond acceptors (Lipinski definition) is 3. The number of esters is 2. The van der Waals surface area contributed by atoms with Crippen LogP contribution in [0.5, 0.6) is 0 Å². The molecule has 0 amide bonds. The zero-order valence-electron chi connectivity index (χ0n) is 21.5. The second kappa shape index (κ2) is 22.0. The number of carbonyl (C=O) groups is 2. The van der Waals surface area contributed by atoms with E-state index in [1.165, 1.54) is 141 Å². The molecule has 32 heavy (non-hydrogen) atoms. The standard InChI is InChI=1S/C29H54O3/c1-2-3-4-5-6-7-8-9-10-11-12-13-14-15-16-17-18-19-20-21-22-23-24-25-27-26-28(30)32-29(27)31/h27H,2-26H2,1H3. The summed E-state index contributed by atoms with van der Waals surface area (Å²) < 4.78 is 4.60. The molecule has 0 bridgehead atoms. The molecule has 1 aliphatic heterocycles. The van der Waals surface area contributed by atoms with Gasteiger partial charge in [-0.15, -0.1) is 0 Å². The van der Waals surface area contributed by atoms with Crippen molar-refractivity contribution in [2.75, 3.05) is 0 Å². The number of rotatable bonds is 24. The van der Waals surface area contributed by atoms with E-state index in [0.29, 0.717) is 6.42 Å². The summed E-state index contributed by atoms with van der Waals surface area (Å²) in [6.07, 6.45) is 33.1. The van der Waals surface area contributed by atoms with Gasteiger partial charge in [-0.3, -0.25) is 9.59 Å². The Kier molecular flexibility index (Phi) is 20.0. The zero-order chi connectivity index (χ0) is 23.1. The Labute approximate surface area is 199 Å². The Hall–Kier alpha value is -0.860. The zero-order valence-corrected chi connectivity index (χ0v) is 21.5. The van der Waals surface area contributed by atoms with Crippen LogP contribution in [-0.2, 0) is 14.3 Å². The summed E-state index contributed by atoms with van der Waals surface area (Å²) in [6.45, 7) is 2.29. The predicted octanol–water partition coefficient (Wildman–Crippen LogP) is 9.46. The lowest BCUT2D eigenvalue weighted by Crippen LogP contribution is -2.06. The maximum absolute atomic E-state index is 11.4. The second-order valence-electron chi connectivity index (χ2n) is 10.3. The van der Waals surface area contributed by atoms with Crippen LogP contribution in [0.3, 0.4) is 0 Å². The highest BCUT2D eigenvalue weighted by Crippen LogP contribution is 2.22. The molecule has 1 fully saturated rings. The normalized spacial score (nSPS) is 16.1. The van der Waals surface area contributed by atoms with Crippen molar-refractivity contribution < 1.29 is 14.3 Å². The first-order chi connectivity index (χ1) is 15.7. The van der Waals surface area contributed by atoms with Gasteiger partial charge in [0.05, 0.1) is 12.3 Å². The average molecular weight is 451 g/mol. The van der Waals surface area contributed by atoms with E-state index in [9.17, 15) is 9.59 Å². The average Bonchev–Trinajstić information content (AvgIpc) is 3.11. The van der Waals surface area contributed by atoms with Crippen molar-refractivity contribution in [1.82, 2.24) is 0 Å². The van der Waals surface area contributed by atoms with Gasteiger partial charge < -0.3 is 4.74 Å². The van der Waals surface area contributed by atoms with Crippen molar-refractivity contribution in [3.05, 3.63) is 0 Å². The first-order valence-electron chi connectivity index (χ1n) is 14.5. The summed E-state index contributed by atoms with van der Waals surface area (Å²) in [5.41, 5.74) is 0. The molecule has 0 spiro atoms. The van der Waals surface area contributed by atoms with E-state index in [-0.39, 0.29) is 17.9 Å². The minimum atomic E-state index is -0.339. The van der Waals surface area contributed by atoms with Gasteiger partial charge in [-0.1, -0.05) is 155 Å². The highest BCUT2D eigenvalue weighted by Gasteiger charge is 2.32. The molecule has 0 aliphatic carbocycles. The van der Waals surface area contributed by atoms with Crippen LogP contribution in [0.1, 0.15) is 167 Å². The second-order valence-corrected chi connectivity index (χ2v) is 10.3. The summed E-state index contributed by atoms with van der Waals surface area (Å²) >= 11 is 0. The number of cyclic esters (lactones) is 2. The summed E-state index contributed by atoms with van der Waals surface area (Å²) in [6, 6.07) is 0. The minimum absolute atomic E-state index is 0.155. The molecule has 0 saturated carbocycles. The van der Waals surface area contributed by atoms with Gasteiger partial charge in [-0.25, -0.2) is 0 Å². The Morgan fingerprint density at radius 1 is 0.531 bits per heavy atom. The molecular weight excluding hydrogens is 396 g/mol. The third-order valence-electron chi connectivity index (χ3n) is 7.12. The van der Waals surface area contributed by atoms with Gasteiger partial charge in [-0.2, -0.15) is 0 Å².